The van der Waals surface area contributed by atoms with Gasteiger partial charge in [0.05, 0.1) is 6.10 Å². The fourth-order valence-corrected chi connectivity index (χ4v) is 3.09. The molecular formula is C12H15N3O2S. The molecule has 6 heteroatoms. The summed E-state index contributed by atoms with van der Waals surface area (Å²) in [5.74, 6) is 1.01. The number of aliphatic hydroxyl groups is 1. The Labute approximate surface area is 109 Å². The van der Waals surface area contributed by atoms with Crippen molar-refractivity contribution in [2.24, 2.45) is 5.92 Å². The number of anilines is 1. The minimum atomic E-state index is -0.349. The molecule has 5 nitrogen and oxygen atoms in total. The lowest BCUT2D eigenvalue weighted by molar-refractivity contribution is 0.102. The number of aldehydes is 1. The van der Waals surface area contributed by atoms with Crippen molar-refractivity contribution in [1.82, 2.24) is 9.38 Å². The van der Waals surface area contributed by atoms with E-state index >= 15 is 0 Å². The molecular weight excluding hydrogens is 250 g/mol. The van der Waals surface area contributed by atoms with Crippen LogP contribution in [0.4, 0.5) is 5.82 Å². The van der Waals surface area contributed by atoms with Gasteiger partial charge in [-0.25, -0.2) is 4.98 Å². The van der Waals surface area contributed by atoms with Crippen LogP contribution >= 0.6 is 11.3 Å². The van der Waals surface area contributed by atoms with Crippen molar-refractivity contribution in [3.63, 3.8) is 0 Å². The maximum absolute atomic E-state index is 11.2. The molecule has 1 aliphatic heterocycles. The first-order valence-corrected chi connectivity index (χ1v) is 6.92. The lowest BCUT2D eigenvalue weighted by atomic mass is 9.96. The normalized spacial score (nSPS) is 24.7. The smallest absolute Gasteiger partial charge is 0.196 e. The largest absolute Gasteiger partial charge is 0.391 e. The third-order valence-corrected chi connectivity index (χ3v) is 4.37. The molecule has 1 saturated heterocycles. The minimum Gasteiger partial charge on any atom is -0.391 e. The van der Waals surface area contributed by atoms with Gasteiger partial charge in [0, 0.05) is 24.7 Å². The Hall–Kier alpha value is -1.40. The summed E-state index contributed by atoms with van der Waals surface area (Å²) >= 11 is 1.51. The average Bonchev–Trinajstić information content (AvgIpc) is 2.92. The SMILES string of the molecule is CC1CCN(c2nc3sccn3c2C=O)CC1O. The van der Waals surface area contributed by atoms with Crippen molar-refractivity contribution in [2.45, 2.75) is 19.4 Å². The quantitative estimate of drug-likeness (QED) is 0.834. The second-order valence-electron chi connectivity index (χ2n) is 4.77. The lowest BCUT2D eigenvalue weighted by Gasteiger charge is -2.34. The highest BCUT2D eigenvalue weighted by atomic mass is 32.1. The van der Waals surface area contributed by atoms with Crippen molar-refractivity contribution >= 4 is 28.4 Å². The van der Waals surface area contributed by atoms with E-state index in [0.29, 0.717) is 24.0 Å². The topological polar surface area (TPSA) is 57.8 Å². The zero-order valence-corrected chi connectivity index (χ0v) is 10.9. The van der Waals surface area contributed by atoms with Gasteiger partial charge in [-0.2, -0.15) is 0 Å². The Kier molecular flexibility index (Phi) is 2.83. The summed E-state index contributed by atoms with van der Waals surface area (Å²) in [6.45, 7) is 3.44. The van der Waals surface area contributed by atoms with Gasteiger partial charge in [0.25, 0.3) is 0 Å². The predicted octanol–water partition coefficient (Wildman–Crippen LogP) is 1.42. The molecule has 3 rings (SSSR count). The Balaban J connectivity index is 1.98. The van der Waals surface area contributed by atoms with E-state index in [9.17, 15) is 9.90 Å². The number of imidazole rings is 1. The molecule has 1 fully saturated rings. The highest BCUT2D eigenvalue weighted by Gasteiger charge is 2.28. The van der Waals surface area contributed by atoms with E-state index in [-0.39, 0.29) is 6.10 Å². The number of rotatable bonds is 2. The molecule has 2 aromatic rings. The Morgan fingerprint density at radius 3 is 3.17 bits per heavy atom. The van der Waals surface area contributed by atoms with Crippen LogP contribution in [0.1, 0.15) is 23.8 Å². The molecule has 2 atom stereocenters. The van der Waals surface area contributed by atoms with E-state index in [2.05, 4.69) is 4.98 Å². The van der Waals surface area contributed by atoms with Crippen LogP contribution in [0, 0.1) is 5.92 Å². The molecule has 1 aliphatic rings. The van der Waals surface area contributed by atoms with E-state index in [1.807, 2.05) is 23.4 Å². The first kappa shape index (κ1) is 11.7. The number of aromatic nitrogens is 2. The average molecular weight is 265 g/mol. The maximum Gasteiger partial charge on any atom is 0.196 e. The summed E-state index contributed by atoms with van der Waals surface area (Å²) in [4.78, 5) is 18.6. The standard InChI is InChI=1S/C12H15N3O2S/c1-8-2-3-14(6-10(8)17)11-9(7-16)15-4-5-18-12(15)13-11/h4-5,7-8,10,17H,2-3,6H2,1H3. The van der Waals surface area contributed by atoms with Gasteiger partial charge in [0.1, 0.15) is 5.69 Å². The first-order valence-electron chi connectivity index (χ1n) is 6.04. The second kappa shape index (κ2) is 4.37. The van der Waals surface area contributed by atoms with Gasteiger partial charge >= 0.3 is 0 Å². The molecule has 0 aliphatic carbocycles. The molecule has 18 heavy (non-hydrogen) atoms. The molecule has 0 saturated carbocycles. The third kappa shape index (κ3) is 1.72. The van der Waals surface area contributed by atoms with Gasteiger partial charge in [0.2, 0.25) is 0 Å². The van der Waals surface area contributed by atoms with Gasteiger partial charge in [-0.1, -0.05) is 6.92 Å². The van der Waals surface area contributed by atoms with Crippen LogP contribution in [-0.2, 0) is 0 Å². The zero-order valence-electron chi connectivity index (χ0n) is 10.1. The van der Waals surface area contributed by atoms with E-state index in [1.165, 1.54) is 11.3 Å². The molecule has 0 amide bonds. The highest BCUT2D eigenvalue weighted by Crippen LogP contribution is 2.27. The monoisotopic (exact) mass is 265 g/mol. The van der Waals surface area contributed by atoms with Crippen LogP contribution in [0.15, 0.2) is 11.6 Å². The van der Waals surface area contributed by atoms with E-state index in [1.54, 1.807) is 4.40 Å². The minimum absolute atomic E-state index is 0.310. The van der Waals surface area contributed by atoms with Gasteiger partial charge < -0.3 is 10.0 Å². The summed E-state index contributed by atoms with van der Waals surface area (Å²) in [6, 6.07) is 0. The molecule has 0 bridgehead atoms. The third-order valence-electron chi connectivity index (χ3n) is 3.61. The number of β-amino-alcohol motifs (C(OH)–C–C–N with tert-alkyl or cyclic N) is 1. The molecule has 3 heterocycles. The van der Waals surface area contributed by atoms with Crippen LogP contribution in [0.25, 0.3) is 4.96 Å². The van der Waals surface area contributed by atoms with E-state index in [0.717, 1.165) is 24.2 Å². The van der Waals surface area contributed by atoms with Crippen LogP contribution < -0.4 is 4.90 Å². The van der Waals surface area contributed by atoms with Crippen molar-refractivity contribution < 1.29 is 9.90 Å². The number of fused-ring (bicyclic) bond motifs is 1. The summed E-state index contributed by atoms with van der Waals surface area (Å²) < 4.78 is 1.80. The number of hydrogen-bond donors (Lipinski definition) is 1. The van der Waals surface area contributed by atoms with Crippen molar-refractivity contribution in [3.8, 4) is 0 Å². The van der Waals surface area contributed by atoms with Crippen molar-refractivity contribution in [3.05, 3.63) is 17.3 Å². The number of thiazole rings is 1. The predicted molar refractivity (Wildman–Crippen MR) is 70.5 cm³/mol. The molecule has 0 aromatic carbocycles. The molecule has 96 valence electrons. The van der Waals surface area contributed by atoms with Crippen LogP contribution in [-0.4, -0.2) is 40.0 Å². The van der Waals surface area contributed by atoms with Crippen LogP contribution in [0.3, 0.4) is 0 Å². The second-order valence-corrected chi connectivity index (χ2v) is 5.65. The summed E-state index contributed by atoms with van der Waals surface area (Å²) in [5.41, 5.74) is 0.577. The van der Waals surface area contributed by atoms with Gasteiger partial charge in [-0.05, 0) is 12.3 Å². The first-order chi connectivity index (χ1) is 8.70. The zero-order chi connectivity index (χ0) is 12.7. The number of aliphatic hydroxyl groups excluding tert-OH is 1. The number of carbonyl (C=O) groups excluding carboxylic acids is 1. The van der Waals surface area contributed by atoms with Crippen LogP contribution in [0.5, 0.6) is 0 Å². The molecule has 2 aromatic heterocycles. The molecule has 2 unspecified atom stereocenters. The molecule has 0 radical (unpaired) electrons. The fourth-order valence-electron chi connectivity index (χ4n) is 2.38. The van der Waals surface area contributed by atoms with Gasteiger partial charge in [0.15, 0.2) is 17.1 Å². The summed E-state index contributed by atoms with van der Waals surface area (Å²) in [7, 11) is 0. The Bertz CT molecular complexity index is 577. The highest BCUT2D eigenvalue weighted by molar-refractivity contribution is 7.15. The van der Waals surface area contributed by atoms with E-state index in [4.69, 9.17) is 0 Å². The Morgan fingerprint density at radius 1 is 1.61 bits per heavy atom. The van der Waals surface area contributed by atoms with Gasteiger partial charge in [-0.15, -0.1) is 11.3 Å². The summed E-state index contributed by atoms with van der Waals surface area (Å²) in [5, 5.41) is 11.8. The maximum atomic E-state index is 11.2. The van der Waals surface area contributed by atoms with Crippen molar-refractivity contribution in [2.75, 3.05) is 18.0 Å². The van der Waals surface area contributed by atoms with Crippen LogP contribution in [0.2, 0.25) is 0 Å². The molecule has 1 N–H and O–H groups in total. The molecule has 0 spiro atoms. The number of piperidine rings is 1. The number of hydrogen-bond acceptors (Lipinski definition) is 5. The summed E-state index contributed by atoms with van der Waals surface area (Å²) in [6.07, 6.45) is 3.26. The van der Waals surface area contributed by atoms with E-state index < -0.39 is 0 Å². The number of carbonyl (C=O) groups is 1. The van der Waals surface area contributed by atoms with Crippen molar-refractivity contribution in [1.29, 1.82) is 0 Å². The number of nitrogens with zero attached hydrogens (tertiary/aromatic N) is 3. The fraction of sp³-hybridized carbons (Fsp3) is 0.500. The Morgan fingerprint density at radius 2 is 2.44 bits per heavy atom. The lowest BCUT2D eigenvalue weighted by Crippen LogP contribution is -2.43. The van der Waals surface area contributed by atoms with Gasteiger partial charge in [-0.3, -0.25) is 9.20 Å².